The minimum Gasteiger partial charge on any atom is -0.453 e. The number of methoxy groups -OCH3 is 2. The highest BCUT2D eigenvalue weighted by molar-refractivity contribution is 5.98. The van der Waals surface area contributed by atoms with Gasteiger partial charge in [0.15, 0.2) is 0 Å². The molecule has 5 aromatic rings. The number of H-pyrrole nitrogens is 2. The number of nitrogens with one attached hydrogen (secondary N) is 4. The highest BCUT2D eigenvalue weighted by Crippen LogP contribution is 2.36. The fourth-order valence-corrected chi connectivity index (χ4v) is 8.24. The smallest absolute Gasteiger partial charge is 0.411 e. The maximum atomic E-state index is 13.9. The average Bonchev–Trinajstić information content (AvgIpc) is 4.14. The predicted octanol–water partition coefficient (Wildman–Crippen LogP) is 8.76. The highest BCUT2D eigenvalue weighted by atomic mass is 16.5. The lowest BCUT2D eigenvalue weighted by Gasteiger charge is -2.30. The number of benzene rings is 3. The fraction of sp³-hybridized carbons (Fsp3) is 0.333. The third kappa shape index (κ3) is 9.34. The van der Waals surface area contributed by atoms with E-state index in [9.17, 15) is 19.2 Å². The number of likely N-dealkylation sites (tertiary alicyclic amines) is 2. The SMILES string of the molecule is C\C=C/C=C\C(C)=C(\NC(=O)OC)C(=O)N1CCC[C@H]1c1ncc(-c2ccc(-c3ccc4cc(-c5cnc([C@@H]6CCCN6C(=O)[C@@H](NC(=O)OC)C(C)C)[nH]5)ccc4c3)cc2)[nH]1. The highest BCUT2D eigenvalue weighted by Gasteiger charge is 2.38. The molecular weight excluding hydrogens is 785 g/mol. The van der Waals surface area contributed by atoms with Crippen molar-refractivity contribution in [2.45, 2.75) is 71.5 Å². The first-order chi connectivity index (χ1) is 30.0. The van der Waals surface area contributed by atoms with Gasteiger partial charge in [-0.2, -0.15) is 0 Å². The Kier molecular flexibility index (Phi) is 13.3. The summed E-state index contributed by atoms with van der Waals surface area (Å²) < 4.78 is 9.59. The van der Waals surface area contributed by atoms with Crippen LogP contribution in [0.3, 0.4) is 0 Å². The molecule has 2 aliphatic rings. The minimum atomic E-state index is -0.706. The molecule has 3 atom stereocenters. The summed E-state index contributed by atoms with van der Waals surface area (Å²) in [7, 11) is 2.56. The van der Waals surface area contributed by atoms with E-state index in [-0.39, 0.29) is 35.5 Å². The fourth-order valence-electron chi connectivity index (χ4n) is 8.24. The average molecular weight is 839 g/mol. The summed E-state index contributed by atoms with van der Waals surface area (Å²) in [5.41, 5.74) is 6.59. The summed E-state index contributed by atoms with van der Waals surface area (Å²) in [6.45, 7) is 8.62. The Labute approximate surface area is 361 Å². The van der Waals surface area contributed by atoms with Crippen molar-refractivity contribution in [2.75, 3.05) is 27.3 Å². The second kappa shape index (κ2) is 19.2. The molecule has 0 bridgehead atoms. The normalized spacial score (nSPS) is 17.5. The molecule has 4 N–H and O–H groups in total. The van der Waals surface area contributed by atoms with Crippen molar-refractivity contribution in [1.82, 2.24) is 40.4 Å². The number of carbonyl (C=O) groups is 4. The third-order valence-electron chi connectivity index (χ3n) is 11.6. The summed E-state index contributed by atoms with van der Waals surface area (Å²) in [6, 6.07) is 19.9. The summed E-state index contributed by atoms with van der Waals surface area (Å²) in [6.07, 6.45) is 12.8. The van der Waals surface area contributed by atoms with Crippen molar-refractivity contribution in [2.24, 2.45) is 5.92 Å². The van der Waals surface area contributed by atoms with Crippen molar-refractivity contribution in [3.05, 3.63) is 120 Å². The number of hydrogen-bond donors (Lipinski definition) is 4. The molecule has 0 aliphatic carbocycles. The van der Waals surface area contributed by atoms with Crippen LogP contribution in [0.25, 0.3) is 44.4 Å². The molecule has 322 valence electrons. The molecule has 7 rings (SSSR count). The summed E-state index contributed by atoms with van der Waals surface area (Å²) in [4.78, 5) is 71.6. The van der Waals surface area contributed by atoms with E-state index in [0.29, 0.717) is 24.5 Å². The number of amides is 4. The van der Waals surface area contributed by atoms with Gasteiger partial charge >= 0.3 is 12.2 Å². The Morgan fingerprint density at radius 3 is 1.90 bits per heavy atom. The minimum absolute atomic E-state index is 0.109. The zero-order valence-corrected chi connectivity index (χ0v) is 36.0. The largest absolute Gasteiger partial charge is 0.453 e. The van der Waals surface area contributed by atoms with Crippen LogP contribution >= 0.6 is 0 Å². The monoisotopic (exact) mass is 838 g/mol. The summed E-state index contributed by atoms with van der Waals surface area (Å²) >= 11 is 0. The number of ether oxygens (including phenoxy) is 2. The first kappa shape index (κ1) is 43.1. The van der Waals surface area contributed by atoms with Crippen LogP contribution in [0.2, 0.25) is 0 Å². The standard InChI is InChI=1S/C48H54N8O6/c1-7-8-9-12-30(4)42(54-48(60)62-6)46(58)56-24-11-14-40(56)43-49-27-37(51-43)32-17-15-31(16-18-32)33-19-20-35-26-36(22-21-34(35)25-33)38-28-50-44(52-38)39-13-10-23-55(39)45(57)41(29(2)3)53-47(59)61-5/h7-9,12,15-22,25-29,39-41H,10-11,13-14,23-24H2,1-6H3,(H,49,51)(H,50,52)(H,53,59)(H,54,60)/b8-7-,12-9-,42-30+/t39-,40-,41-/m0/s1. The first-order valence-corrected chi connectivity index (χ1v) is 21.1. The molecule has 2 aromatic heterocycles. The van der Waals surface area contributed by atoms with Crippen LogP contribution in [-0.4, -0.2) is 87.1 Å². The van der Waals surface area contributed by atoms with Crippen LogP contribution in [0.15, 0.2) is 109 Å². The van der Waals surface area contributed by atoms with Crippen molar-refractivity contribution in [3.63, 3.8) is 0 Å². The lowest BCUT2D eigenvalue weighted by molar-refractivity contribution is -0.135. The van der Waals surface area contributed by atoms with Crippen molar-refractivity contribution in [3.8, 4) is 33.6 Å². The topological polar surface area (TPSA) is 175 Å². The quantitative estimate of drug-likeness (QED) is 0.0713. The van der Waals surface area contributed by atoms with Crippen LogP contribution in [0.4, 0.5) is 9.59 Å². The number of aromatic amines is 2. The van der Waals surface area contributed by atoms with Gasteiger partial charge in [-0.25, -0.2) is 19.6 Å². The van der Waals surface area contributed by atoms with Gasteiger partial charge in [0.1, 0.15) is 23.4 Å². The van der Waals surface area contributed by atoms with E-state index in [4.69, 9.17) is 19.4 Å². The van der Waals surface area contributed by atoms with Crippen LogP contribution in [-0.2, 0) is 19.1 Å². The Morgan fingerprint density at radius 1 is 0.742 bits per heavy atom. The Bertz CT molecular complexity index is 2530. The van der Waals surface area contributed by atoms with Crippen LogP contribution in [0.1, 0.15) is 77.1 Å². The number of carbonyl (C=O) groups excluding carboxylic acids is 4. The van der Waals surface area contributed by atoms with Crippen LogP contribution < -0.4 is 10.6 Å². The number of imidazole rings is 2. The van der Waals surface area contributed by atoms with Gasteiger partial charge in [-0.05, 0) is 90.6 Å². The van der Waals surface area contributed by atoms with Gasteiger partial charge in [-0.3, -0.25) is 14.9 Å². The van der Waals surface area contributed by atoms with E-state index in [1.807, 2.05) is 50.1 Å². The molecule has 14 nitrogen and oxygen atoms in total. The molecule has 62 heavy (non-hydrogen) atoms. The zero-order valence-electron chi connectivity index (χ0n) is 36.0. The molecule has 2 fully saturated rings. The third-order valence-corrected chi connectivity index (χ3v) is 11.6. The number of nitrogens with zero attached hydrogens (tertiary/aromatic N) is 4. The Hall–Kier alpha value is -6.96. The molecule has 4 heterocycles. The molecule has 3 aromatic carbocycles. The van der Waals surface area contributed by atoms with Gasteiger partial charge in [0, 0.05) is 18.7 Å². The van der Waals surface area contributed by atoms with Gasteiger partial charge < -0.3 is 34.6 Å². The molecule has 0 unspecified atom stereocenters. The maximum Gasteiger partial charge on any atom is 0.411 e. The molecule has 0 spiro atoms. The van der Waals surface area contributed by atoms with Gasteiger partial charge in [0.25, 0.3) is 5.91 Å². The van der Waals surface area contributed by atoms with Crippen molar-refractivity contribution < 1.29 is 28.7 Å². The first-order valence-electron chi connectivity index (χ1n) is 21.1. The lowest BCUT2D eigenvalue weighted by Crippen LogP contribution is -2.51. The van der Waals surface area contributed by atoms with E-state index in [1.165, 1.54) is 14.2 Å². The summed E-state index contributed by atoms with van der Waals surface area (Å²) in [5, 5.41) is 7.51. The van der Waals surface area contributed by atoms with Gasteiger partial charge in [0.05, 0.1) is 50.1 Å². The van der Waals surface area contributed by atoms with Crippen LogP contribution in [0.5, 0.6) is 0 Å². The van der Waals surface area contributed by atoms with Crippen molar-refractivity contribution >= 4 is 34.8 Å². The van der Waals surface area contributed by atoms with Gasteiger partial charge in [-0.15, -0.1) is 0 Å². The number of alkyl carbamates (subject to hydrolysis) is 2. The molecule has 0 radical (unpaired) electrons. The zero-order chi connectivity index (χ0) is 43.9. The molecule has 14 heteroatoms. The second-order valence-electron chi connectivity index (χ2n) is 16.0. The molecule has 0 saturated carbocycles. The number of aromatic nitrogens is 4. The van der Waals surface area contributed by atoms with E-state index >= 15 is 0 Å². The Balaban J connectivity index is 1.03. The second-order valence-corrected chi connectivity index (χ2v) is 16.0. The number of hydrogen-bond acceptors (Lipinski definition) is 8. The molecule has 4 amide bonds. The maximum absolute atomic E-state index is 13.9. The van der Waals surface area contributed by atoms with Crippen molar-refractivity contribution in [1.29, 1.82) is 0 Å². The van der Waals surface area contributed by atoms with E-state index in [2.05, 4.69) is 81.3 Å². The van der Waals surface area contributed by atoms with Gasteiger partial charge in [-0.1, -0.05) is 86.7 Å². The molecule has 2 aliphatic heterocycles. The van der Waals surface area contributed by atoms with Gasteiger partial charge in [0.2, 0.25) is 5.91 Å². The number of rotatable bonds is 12. The van der Waals surface area contributed by atoms with Crippen LogP contribution in [0, 0.1) is 5.92 Å². The Morgan fingerprint density at radius 2 is 1.29 bits per heavy atom. The molecular formula is C48H54N8O6. The molecule has 2 saturated heterocycles. The lowest BCUT2D eigenvalue weighted by atomic mass is 9.98. The number of fused-ring (bicyclic) bond motifs is 1. The number of allylic oxidation sites excluding steroid dienone is 5. The van der Waals surface area contributed by atoms with E-state index in [0.717, 1.165) is 75.9 Å². The van der Waals surface area contributed by atoms with E-state index in [1.54, 1.807) is 24.1 Å². The predicted molar refractivity (Wildman–Crippen MR) is 238 cm³/mol. The summed E-state index contributed by atoms with van der Waals surface area (Å²) in [5.74, 6) is 0.872. The van der Waals surface area contributed by atoms with E-state index < -0.39 is 18.2 Å².